The number of likely N-dealkylation sites (tertiary alicyclic amines) is 1. The molecule has 1 N–H and O–H groups in total. The van der Waals surface area contributed by atoms with E-state index in [2.05, 4.69) is 20.1 Å². The van der Waals surface area contributed by atoms with E-state index in [1.807, 2.05) is 30.3 Å². The zero-order valence-corrected chi connectivity index (χ0v) is 22.3. The smallest absolute Gasteiger partial charge is 0.312 e. The Morgan fingerprint density at radius 3 is 2.71 bits per heavy atom. The van der Waals surface area contributed by atoms with Gasteiger partial charge < -0.3 is 24.4 Å². The Bertz CT molecular complexity index is 1030. The van der Waals surface area contributed by atoms with Crippen LogP contribution in [0.25, 0.3) is 0 Å². The number of aliphatic hydroxyl groups is 1. The number of nitrogens with zero attached hydrogens (tertiary/aromatic N) is 2. The number of hydrogen-bond donors (Lipinski definition) is 1. The fraction of sp³-hybridized carbons (Fsp3) is 0.567. The van der Waals surface area contributed by atoms with Crippen molar-refractivity contribution in [3.63, 3.8) is 0 Å². The van der Waals surface area contributed by atoms with Crippen LogP contribution in [0.2, 0.25) is 0 Å². The Hall–Kier alpha value is -2.97. The highest BCUT2D eigenvalue weighted by Gasteiger charge is 2.75. The topological polar surface area (TPSA) is 96.4 Å². The van der Waals surface area contributed by atoms with E-state index in [4.69, 9.17) is 9.47 Å². The second-order valence-corrected chi connectivity index (χ2v) is 10.5. The molecule has 6 atom stereocenters. The maximum atomic E-state index is 14.3. The van der Waals surface area contributed by atoms with Crippen LogP contribution in [-0.2, 0) is 30.3 Å². The summed E-state index contributed by atoms with van der Waals surface area (Å²) in [6.45, 7) is 10.3. The second kappa shape index (κ2) is 12.3. The van der Waals surface area contributed by atoms with Gasteiger partial charge in [-0.25, -0.2) is 0 Å². The van der Waals surface area contributed by atoms with Crippen molar-refractivity contribution in [2.75, 3.05) is 26.3 Å². The molecule has 1 aromatic carbocycles. The van der Waals surface area contributed by atoms with Crippen molar-refractivity contribution < 1.29 is 29.0 Å². The minimum absolute atomic E-state index is 0.183. The molecule has 3 fully saturated rings. The highest BCUT2D eigenvalue weighted by atomic mass is 16.6. The Morgan fingerprint density at radius 2 is 2.05 bits per heavy atom. The number of benzene rings is 1. The summed E-state index contributed by atoms with van der Waals surface area (Å²) in [7, 11) is 0. The second-order valence-electron chi connectivity index (χ2n) is 10.5. The third kappa shape index (κ3) is 5.04. The lowest BCUT2D eigenvalue weighted by Crippen LogP contribution is -2.59. The number of aliphatic hydroxyl groups excluding tert-OH is 1. The standard InChI is InChI=1S/C30H40N2O6/c1-4-7-17-31(16-6-3)28(35)26-30-15-14-23(38-30)24(29(36)37-18-8-5-2)25(30)27(34)32(26)22(20-33)19-21-12-10-9-11-13-21/h5-6,9-13,22-26,33H,2-4,7-8,14-20H2,1H3/t22-,23+,24-,25+,26?,30?/m1/s1. The Balaban J connectivity index is 1.73. The van der Waals surface area contributed by atoms with Crippen molar-refractivity contribution in [3.05, 3.63) is 61.2 Å². The van der Waals surface area contributed by atoms with E-state index in [-0.39, 0.29) is 25.0 Å². The van der Waals surface area contributed by atoms with E-state index < -0.39 is 41.6 Å². The maximum absolute atomic E-state index is 14.3. The molecule has 0 radical (unpaired) electrons. The normalized spacial score (nSPS) is 28.2. The van der Waals surface area contributed by atoms with Gasteiger partial charge in [-0.15, -0.1) is 13.2 Å². The Morgan fingerprint density at radius 1 is 1.29 bits per heavy atom. The molecule has 4 rings (SSSR count). The summed E-state index contributed by atoms with van der Waals surface area (Å²) >= 11 is 0. The lowest BCUT2D eigenvalue weighted by atomic mass is 9.70. The lowest BCUT2D eigenvalue weighted by Gasteiger charge is -2.39. The molecule has 3 aliphatic rings. The number of ether oxygens (including phenoxy) is 2. The maximum Gasteiger partial charge on any atom is 0.312 e. The highest BCUT2D eigenvalue weighted by Crippen LogP contribution is 2.59. The number of amides is 2. The van der Waals surface area contributed by atoms with Crippen molar-refractivity contribution in [2.45, 2.75) is 69.2 Å². The first-order chi connectivity index (χ1) is 18.4. The number of esters is 1. The number of fused-ring (bicyclic) bond motifs is 1. The van der Waals surface area contributed by atoms with Gasteiger partial charge in [0.15, 0.2) is 0 Å². The van der Waals surface area contributed by atoms with Gasteiger partial charge >= 0.3 is 5.97 Å². The summed E-state index contributed by atoms with van der Waals surface area (Å²) in [4.78, 5) is 45.0. The number of hydrogen-bond acceptors (Lipinski definition) is 6. The average Bonchev–Trinajstić information content (AvgIpc) is 3.57. The first-order valence-corrected chi connectivity index (χ1v) is 13.7. The SMILES string of the molecule is C=CCCOC(=O)[C@@H]1[C@@H]2CCC3(O2)C(C(=O)N(CC=C)CCCC)N([C@@H](CO)Cc2ccccc2)C(=O)[C@H]13. The van der Waals surface area contributed by atoms with E-state index in [9.17, 15) is 19.5 Å². The quantitative estimate of drug-likeness (QED) is 0.228. The van der Waals surface area contributed by atoms with E-state index >= 15 is 0 Å². The van der Waals surface area contributed by atoms with Gasteiger partial charge in [0, 0.05) is 13.1 Å². The fourth-order valence-electron chi connectivity index (χ4n) is 6.48. The minimum atomic E-state index is -1.13. The summed E-state index contributed by atoms with van der Waals surface area (Å²) in [5.41, 5.74) is -0.184. The monoisotopic (exact) mass is 524 g/mol. The van der Waals surface area contributed by atoms with Crippen LogP contribution in [0.5, 0.6) is 0 Å². The van der Waals surface area contributed by atoms with Crippen LogP contribution >= 0.6 is 0 Å². The summed E-state index contributed by atoms with van der Waals surface area (Å²) in [6, 6.07) is 8.01. The average molecular weight is 525 g/mol. The van der Waals surface area contributed by atoms with Crippen molar-refractivity contribution in [1.82, 2.24) is 9.80 Å². The van der Waals surface area contributed by atoms with Crippen LogP contribution in [0, 0.1) is 11.8 Å². The number of unbranched alkanes of at least 4 members (excludes halogenated alkanes) is 1. The molecule has 2 unspecified atom stereocenters. The number of carbonyl (C=O) groups is 3. The molecule has 206 valence electrons. The van der Waals surface area contributed by atoms with Crippen LogP contribution in [0.15, 0.2) is 55.6 Å². The minimum Gasteiger partial charge on any atom is -0.465 e. The molecule has 3 heterocycles. The zero-order chi connectivity index (χ0) is 27.3. The summed E-state index contributed by atoms with van der Waals surface area (Å²) in [5.74, 6) is -2.61. The first-order valence-electron chi connectivity index (χ1n) is 13.7. The molecule has 38 heavy (non-hydrogen) atoms. The summed E-state index contributed by atoms with van der Waals surface area (Å²) in [5, 5.41) is 10.5. The van der Waals surface area contributed by atoms with Gasteiger partial charge in [-0.05, 0) is 37.7 Å². The van der Waals surface area contributed by atoms with Crippen molar-refractivity contribution in [1.29, 1.82) is 0 Å². The molecular formula is C30H40N2O6. The molecule has 1 aromatic rings. The summed E-state index contributed by atoms with van der Waals surface area (Å²) < 4.78 is 12.0. The highest BCUT2D eigenvalue weighted by molar-refractivity contribution is 5.98. The van der Waals surface area contributed by atoms with Crippen LogP contribution in [0.3, 0.4) is 0 Å². The van der Waals surface area contributed by atoms with Crippen molar-refractivity contribution >= 4 is 17.8 Å². The van der Waals surface area contributed by atoms with Crippen LogP contribution in [-0.4, -0.2) is 82.8 Å². The van der Waals surface area contributed by atoms with Crippen molar-refractivity contribution in [3.8, 4) is 0 Å². The Kier molecular flexibility index (Phi) is 9.05. The van der Waals surface area contributed by atoms with E-state index in [0.29, 0.717) is 38.8 Å². The van der Waals surface area contributed by atoms with Crippen molar-refractivity contribution in [2.24, 2.45) is 11.8 Å². The van der Waals surface area contributed by atoms with Crippen LogP contribution in [0.4, 0.5) is 0 Å². The predicted molar refractivity (Wildman–Crippen MR) is 143 cm³/mol. The molecule has 0 saturated carbocycles. The van der Waals surface area contributed by atoms with Crippen LogP contribution in [0.1, 0.15) is 44.6 Å². The molecule has 3 saturated heterocycles. The first kappa shape index (κ1) is 28.0. The fourth-order valence-corrected chi connectivity index (χ4v) is 6.48. The Labute approximate surface area is 225 Å². The van der Waals surface area contributed by atoms with Gasteiger partial charge in [0.05, 0.1) is 37.2 Å². The molecule has 8 nitrogen and oxygen atoms in total. The van der Waals surface area contributed by atoms with Gasteiger partial charge in [0.2, 0.25) is 11.8 Å². The van der Waals surface area contributed by atoms with Gasteiger partial charge in [-0.3, -0.25) is 14.4 Å². The molecule has 2 bridgehead atoms. The molecule has 8 heteroatoms. The van der Waals surface area contributed by atoms with Gasteiger partial charge in [-0.2, -0.15) is 0 Å². The van der Waals surface area contributed by atoms with Gasteiger partial charge in [0.25, 0.3) is 0 Å². The third-order valence-corrected chi connectivity index (χ3v) is 8.17. The van der Waals surface area contributed by atoms with Crippen LogP contribution < -0.4 is 0 Å². The van der Waals surface area contributed by atoms with E-state index in [1.54, 1.807) is 17.1 Å². The van der Waals surface area contributed by atoms with E-state index in [0.717, 1.165) is 18.4 Å². The molecule has 1 spiro atoms. The van der Waals surface area contributed by atoms with E-state index in [1.165, 1.54) is 4.90 Å². The predicted octanol–water partition coefficient (Wildman–Crippen LogP) is 2.90. The molecule has 3 aliphatic heterocycles. The lowest BCUT2D eigenvalue weighted by molar-refractivity contribution is -0.156. The number of carbonyl (C=O) groups excluding carboxylic acids is 3. The van der Waals surface area contributed by atoms with Gasteiger partial charge in [-0.1, -0.05) is 55.8 Å². The largest absolute Gasteiger partial charge is 0.465 e. The molecular weight excluding hydrogens is 484 g/mol. The summed E-state index contributed by atoms with van der Waals surface area (Å²) in [6.07, 6.45) is 6.56. The number of rotatable bonds is 14. The zero-order valence-electron chi connectivity index (χ0n) is 22.3. The molecule has 2 amide bonds. The third-order valence-electron chi connectivity index (χ3n) is 8.17. The van der Waals surface area contributed by atoms with Gasteiger partial charge in [0.1, 0.15) is 11.6 Å². The molecule has 0 aromatic heterocycles. The molecule has 0 aliphatic carbocycles.